The highest BCUT2D eigenvalue weighted by Crippen LogP contribution is 2.28. The molecule has 14 heteroatoms. The molecule has 8 aromatic rings. The van der Waals surface area contributed by atoms with Gasteiger partial charge in [-0.2, -0.15) is 0 Å². The van der Waals surface area contributed by atoms with E-state index in [1.165, 1.54) is 0 Å². The summed E-state index contributed by atoms with van der Waals surface area (Å²) < 4.78 is 0. The zero-order valence-corrected chi connectivity index (χ0v) is 35.5. The fraction of sp³-hybridized carbons (Fsp3) is 0.300. The molecule has 64 heavy (non-hydrogen) atoms. The van der Waals surface area contributed by atoms with Gasteiger partial charge in [0, 0.05) is 119 Å². The quantitative estimate of drug-likeness (QED) is 0.0631. The number of hydrogen-bond acceptors (Lipinski definition) is 7. The molecule has 0 unspecified atom stereocenters. The number of hydrogen-bond donors (Lipinski definition) is 8. The van der Waals surface area contributed by atoms with Crippen molar-refractivity contribution in [2.45, 2.75) is 49.9 Å². The van der Waals surface area contributed by atoms with Crippen LogP contribution in [0.5, 0.6) is 0 Å². The molecule has 1 saturated heterocycles. The summed E-state index contributed by atoms with van der Waals surface area (Å²) in [6.07, 6.45) is 9.85. The summed E-state index contributed by atoms with van der Waals surface area (Å²) in [6, 6.07) is 30.6. The molecule has 1 aliphatic heterocycles. The van der Waals surface area contributed by atoms with E-state index in [0.29, 0.717) is 38.8 Å². The Bertz CT molecular complexity index is 2880. The molecule has 0 aliphatic carbocycles. The van der Waals surface area contributed by atoms with E-state index < -0.39 is 30.0 Å². The van der Waals surface area contributed by atoms with Gasteiger partial charge in [0.05, 0.1) is 19.6 Å². The number of rotatable bonds is 14. The van der Waals surface area contributed by atoms with Gasteiger partial charge in [-0.3, -0.25) is 29.1 Å². The van der Waals surface area contributed by atoms with Gasteiger partial charge >= 0.3 is 17.9 Å². The molecule has 14 nitrogen and oxygen atoms in total. The maximum atomic E-state index is 13.1. The zero-order valence-electron chi connectivity index (χ0n) is 35.5. The van der Waals surface area contributed by atoms with Crippen LogP contribution in [-0.2, 0) is 40.1 Å². The van der Waals surface area contributed by atoms with E-state index in [1.54, 1.807) is 0 Å². The second kappa shape index (κ2) is 19.0. The summed E-state index contributed by atoms with van der Waals surface area (Å²) >= 11 is 0. The Morgan fingerprint density at radius 3 is 1.12 bits per heavy atom. The van der Waals surface area contributed by atoms with Crippen LogP contribution in [0.2, 0.25) is 0 Å². The minimum atomic E-state index is -1.02. The predicted molar refractivity (Wildman–Crippen MR) is 249 cm³/mol. The van der Waals surface area contributed by atoms with Crippen molar-refractivity contribution in [3.63, 3.8) is 0 Å². The lowest BCUT2D eigenvalue weighted by Gasteiger charge is -2.43. The van der Waals surface area contributed by atoms with Crippen LogP contribution in [0.1, 0.15) is 22.3 Å². The fourth-order valence-electron chi connectivity index (χ4n) is 10.1. The number of carbonyl (C=O) groups is 3. The molecule has 4 aromatic heterocycles. The van der Waals surface area contributed by atoms with Gasteiger partial charge < -0.3 is 40.6 Å². The van der Waals surface area contributed by atoms with Crippen LogP contribution in [0.3, 0.4) is 0 Å². The van der Waals surface area contributed by atoms with Crippen LogP contribution in [0.25, 0.3) is 43.6 Å². The number of benzene rings is 4. The number of aliphatic carboxylic acids is 3. The molecule has 4 aromatic carbocycles. The first-order valence-electron chi connectivity index (χ1n) is 22.0. The Labute approximate surface area is 369 Å². The average Bonchev–Trinajstić information content (AvgIpc) is 4.09. The number of H-pyrrole nitrogens is 4. The van der Waals surface area contributed by atoms with Gasteiger partial charge in [-0.25, -0.2) is 0 Å². The molecule has 5 heterocycles. The Morgan fingerprint density at radius 2 is 0.750 bits per heavy atom. The van der Waals surface area contributed by atoms with Crippen LogP contribution in [-0.4, -0.2) is 138 Å². The fourth-order valence-corrected chi connectivity index (χ4v) is 10.1. The number of carboxylic acid groups (broad SMARTS) is 3. The molecule has 0 saturated carbocycles. The Hall–Kier alpha value is -6.71. The summed E-state index contributed by atoms with van der Waals surface area (Å²) in [5.74, 6) is -2.98. The van der Waals surface area contributed by atoms with Crippen molar-refractivity contribution in [3.05, 3.63) is 144 Å². The van der Waals surface area contributed by atoms with Gasteiger partial charge in [-0.05, 0) is 72.2 Å². The van der Waals surface area contributed by atoms with Crippen LogP contribution in [0.15, 0.2) is 122 Å². The topological polar surface area (TPSA) is 197 Å². The Kier molecular flexibility index (Phi) is 12.6. The number of nitrogens with one attached hydrogen (secondary N) is 5. The first-order valence-corrected chi connectivity index (χ1v) is 22.0. The van der Waals surface area contributed by atoms with E-state index >= 15 is 0 Å². The molecule has 8 N–H and O–H groups in total. The SMILES string of the molecule is O=C(O)CN1C[C@H](Cc2c[nH]c3ccccc23)NC[C@H](Cc2c[nH]c3ccccc23)N(CC(=O)O)C[C@H](Cc2c[nH]c3ccccc23)N(CC(=O)O)C[C@@H]1Cc1c[nH]c2ccccc12. The maximum absolute atomic E-state index is 13.1. The molecule has 1 fully saturated rings. The highest BCUT2D eigenvalue weighted by atomic mass is 16.4. The van der Waals surface area contributed by atoms with Gasteiger partial charge in [0.15, 0.2) is 0 Å². The van der Waals surface area contributed by atoms with E-state index in [0.717, 1.165) is 65.9 Å². The van der Waals surface area contributed by atoms with Crippen molar-refractivity contribution in [3.8, 4) is 0 Å². The van der Waals surface area contributed by atoms with Crippen molar-refractivity contribution in [1.29, 1.82) is 0 Å². The monoisotopic (exact) mass is 862 g/mol. The number of para-hydroxylation sites is 4. The molecule has 0 spiro atoms. The first-order chi connectivity index (χ1) is 31.1. The summed E-state index contributed by atoms with van der Waals surface area (Å²) in [4.78, 5) is 58.6. The molecule has 0 bridgehead atoms. The lowest BCUT2D eigenvalue weighted by molar-refractivity contribution is -0.142. The largest absolute Gasteiger partial charge is 0.480 e. The molecular weight excluding hydrogens is 809 g/mol. The second-order valence-electron chi connectivity index (χ2n) is 17.3. The number of aromatic amines is 4. The standard InChI is InChI=1S/C50H54N8O6/c59-48(60)29-56-26-36(17-32-21-52-44-13-5-1-9-40(32)44)51-25-37(18-33-22-53-45-14-6-2-10-41(33)45)57(30-49(61)62)27-39(20-35-24-55-47-16-8-4-12-43(35)47)58(31-50(63)64)28-38(56)19-34-23-54-46-15-7-3-11-42(34)46/h1-16,21-24,36-39,51-55H,17-20,25-31H2,(H,59,60)(H,61,62)(H,63,64)/t36-,37-,38-,39-/m0/s1. The van der Waals surface area contributed by atoms with E-state index in [2.05, 4.69) is 37.4 Å². The van der Waals surface area contributed by atoms with Gasteiger partial charge in [-0.1, -0.05) is 72.8 Å². The molecule has 4 atom stereocenters. The summed E-state index contributed by atoms with van der Waals surface area (Å²) in [7, 11) is 0. The molecular formula is C50H54N8O6. The number of nitrogens with zero attached hydrogens (tertiary/aromatic N) is 3. The molecule has 9 rings (SSSR count). The van der Waals surface area contributed by atoms with E-state index in [-0.39, 0.29) is 44.8 Å². The number of carboxylic acids is 3. The lowest BCUT2D eigenvalue weighted by atomic mass is 9.96. The zero-order chi connectivity index (χ0) is 44.2. The maximum Gasteiger partial charge on any atom is 0.317 e. The predicted octanol–water partition coefficient (Wildman–Crippen LogP) is 6.12. The van der Waals surface area contributed by atoms with Crippen molar-refractivity contribution in [2.24, 2.45) is 0 Å². The Balaban J connectivity index is 1.18. The smallest absolute Gasteiger partial charge is 0.317 e. The highest BCUT2D eigenvalue weighted by Gasteiger charge is 2.35. The summed E-state index contributed by atoms with van der Waals surface area (Å²) in [5.41, 5.74) is 7.99. The van der Waals surface area contributed by atoms with Crippen LogP contribution in [0.4, 0.5) is 0 Å². The third kappa shape index (κ3) is 9.60. The van der Waals surface area contributed by atoms with Gasteiger partial charge in [-0.15, -0.1) is 0 Å². The summed E-state index contributed by atoms with van der Waals surface area (Å²) in [5, 5.41) is 40.0. The Morgan fingerprint density at radius 1 is 0.438 bits per heavy atom. The van der Waals surface area contributed by atoms with Crippen molar-refractivity contribution in [2.75, 3.05) is 45.8 Å². The molecule has 0 amide bonds. The highest BCUT2D eigenvalue weighted by molar-refractivity contribution is 5.85. The van der Waals surface area contributed by atoms with Crippen molar-refractivity contribution < 1.29 is 29.7 Å². The lowest BCUT2D eigenvalue weighted by Crippen LogP contribution is -2.60. The number of aromatic nitrogens is 4. The van der Waals surface area contributed by atoms with E-state index in [1.807, 2.05) is 124 Å². The molecule has 1 aliphatic rings. The molecule has 330 valence electrons. The third-order valence-corrected chi connectivity index (χ3v) is 13.1. The minimum Gasteiger partial charge on any atom is -0.480 e. The van der Waals surface area contributed by atoms with Gasteiger partial charge in [0.2, 0.25) is 0 Å². The second-order valence-corrected chi connectivity index (χ2v) is 17.3. The van der Waals surface area contributed by atoms with Gasteiger partial charge in [0.25, 0.3) is 0 Å². The van der Waals surface area contributed by atoms with Crippen molar-refractivity contribution >= 4 is 61.5 Å². The molecule has 0 radical (unpaired) electrons. The normalized spacial score (nSPS) is 19.9. The average molecular weight is 863 g/mol. The van der Waals surface area contributed by atoms with Crippen molar-refractivity contribution in [1.82, 2.24) is 40.0 Å². The van der Waals surface area contributed by atoms with Gasteiger partial charge in [0.1, 0.15) is 0 Å². The minimum absolute atomic E-state index is 0.208. The van der Waals surface area contributed by atoms with E-state index in [9.17, 15) is 29.7 Å². The summed E-state index contributed by atoms with van der Waals surface area (Å²) in [6.45, 7) is 0.287. The third-order valence-electron chi connectivity index (χ3n) is 13.1. The van der Waals surface area contributed by atoms with E-state index in [4.69, 9.17) is 0 Å². The van der Waals surface area contributed by atoms with Crippen LogP contribution < -0.4 is 5.32 Å². The van der Waals surface area contributed by atoms with Crippen LogP contribution >= 0.6 is 0 Å². The number of fused-ring (bicyclic) bond motifs is 4. The first kappa shape index (κ1) is 42.6. The van der Waals surface area contributed by atoms with Crippen LogP contribution in [0, 0.1) is 0 Å².